The molecule has 0 saturated heterocycles. The van der Waals surface area contributed by atoms with Crippen molar-refractivity contribution < 1.29 is 14.4 Å². The molecule has 0 aliphatic carbocycles. The molecule has 1 aliphatic rings. The number of hydrogen-bond donors (Lipinski definition) is 0. The fourth-order valence-electron chi connectivity index (χ4n) is 2.31. The van der Waals surface area contributed by atoms with E-state index in [2.05, 4.69) is 11.7 Å². The van der Waals surface area contributed by atoms with Crippen LogP contribution in [0.15, 0.2) is 42.1 Å². The van der Waals surface area contributed by atoms with Crippen LogP contribution in [0.3, 0.4) is 0 Å². The summed E-state index contributed by atoms with van der Waals surface area (Å²) in [5.74, 6) is 0.732. The van der Waals surface area contributed by atoms with E-state index in [1.807, 2.05) is 38.1 Å². The smallest absolute Gasteiger partial charge is 0.267 e. The van der Waals surface area contributed by atoms with Crippen molar-refractivity contribution in [3.63, 3.8) is 0 Å². The van der Waals surface area contributed by atoms with E-state index in [4.69, 9.17) is 9.57 Å². The van der Waals surface area contributed by atoms with Gasteiger partial charge in [0.15, 0.2) is 0 Å². The van der Waals surface area contributed by atoms with Crippen molar-refractivity contribution in [2.45, 2.75) is 32.9 Å². The third-order valence-corrected chi connectivity index (χ3v) is 3.48. The SMILES string of the molecule is C=CCOc1ccccc1CN(CC)C(=O)C1CC(C)=NO1. The summed E-state index contributed by atoms with van der Waals surface area (Å²) in [6.45, 7) is 9.00. The molecule has 0 fully saturated rings. The van der Waals surface area contributed by atoms with Gasteiger partial charge in [0.1, 0.15) is 12.4 Å². The van der Waals surface area contributed by atoms with E-state index in [-0.39, 0.29) is 5.91 Å². The summed E-state index contributed by atoms with van der Waals surface area (Å²) in [6.07, 6.45) is 1.76. The van der Waals surface area contributed by atoms with Crippen molar-refractivity contribution in [3.05, 3.63) is 42.5 Å². The van der Waals surface area contributed by atoms with E-state index in [1.54, 1.807) is 11.0 Å². The summed E-state index contributed by atoms with van der Waals surface area (Å²) < 4.78 is 5.64. The number of nitrogens with zero attached hydrogens (tertiary/aromatic N) is 2. The first-order chi connectivity index (χ1) is 10.7. The van der Waals surface area contributed by atoms with Gasteiger partial charge >= 0.3 is 0 Å². The normalized spacial score (nSPS) is 16.6. The average Bonchev–Trinajstić information content (AvgIpc) is 2.97. The Kier molecular flexibility index (Phi) is 5.58. The second kappa shape index (κ2) is 7.64. The standard InChI is InChI=1S/C17H22N2O3/c1-4-10-21-15-9-7-6-8-14(15)12-19(5-2)17(20)16-11-13(3)18-22-16/h4,6-9,16H,1,5,10-12H2,2-3H3. The molecule has 1 aliphatic heterocycles. The van der Waals surface area contributed by atoms with Crippen LogP contribution in [-0.2, 0) is 16.2 Å². The zero-order valence-corrected chi connectivity index (χ0v) is 13.1. The van der Waals surface area contributed by atoms with E-state index in [0.29, 0.717) is 26.1 Å². The number of hydrogen-bond acceptors (Lipinski definition) is 4. The second-order valence-electron chi connectivity index (χ2n) is 5.18. The van der Waals surface area contributed by atoms with E-state index >= 15 is 0 Å². The van der Waals surface area contributed by atoms with Crippen LogP contribution >= 0.6 is 0 Å². The lowest BCUT2D eigenvalue weighted by Crippen LogP contribution is -2.38. The Balaban J connectivity index is 2.06. The van der Waals surface area contributed by atoms with Crippen LogP contribution in [-0.4, -0.2) is 35.8 Å². The van der Waals surface area contributed by atoms with Gasteiger partial charge in [0, 0.05) is 25.1 Å². The highest BCUT2D eigenvalue weighted by Crippen LogP contribution is 2.21. The third kappa shape index (κ3) is 3.87. The minimum atomic E-state index is -0.499. The fourth-order valence-corrected chi connectivity index (χ4v) is 2.31. The van der Waals surface area contributed by atoms with Crippen LogP contribution in [0.2, 0.25) is 0 Å². The summed E-state index contributed by atoms with van der Waals surface area (Å²) in [5, 5.41) is 3.85. The first kappa shape index (κ1) is 16.1. The van der Waals surface area contributed by atoms with E-state index in [1.165, 1.54) is 0 Å². The summed E-state index contributed by atoms with van der Waals surface area (Å²) in [7, 11) is 0. The van der Waals surface area contributed by atoms with Gasteiger partial charge in [0.2, 0.25) is 6.10 Å². The minimum Gasteiger partial charge on any atom is -0.489 e. The Bertz CT molecular complexity index is 569. The van der Waals surface area contributed by atoms with E-state index in [9.17, 15) is 4.79 Å². The lowest BCUT2D eigenvalue weighted by molar-refractivity contribution is -0.142. The van der Waals surface area contributed by atoms with Crippen molar-refractivity contribution in [2.75, 3.05) is 13.2 Å². The minimum absolute atomic E-state index is 0.0402. The van der Waals surface area contributed by atoms with Crippen LogP contribution < -0.4 is 4.74 Å². The molecule has 5 nitrogen and oxygen atoms in total. The van der Waals surface area contributed by atoms with Crippen LogP contribution in [0.25, 0.3) is 0 Å². The molecule has 0 spiro atoms. The highest BCUT2D eigenvalue weighted by Gasteiger charge is 2.30. The Morgan fingerprint density at radius 2 is 2.32 bits per heavy atom. The number of rotatable bonds is 7. The molecular formula is C17H22N2O3. The molecule has 1 heterocycles. The molecule has 0 saturated carbocycles. The molecule has 0 radical (unpaired) electrons. The third-order valence-electron chi connectivity index (χ3n) is 3.48. The monoisotopic (exact) mass is 302 g/mol. The van der Waals surface area contributed by atoms with Gasteiger partial charge in [-0.3, -0.25) is 4.79 Å². The number of ether oxygens (including phenoxy) is 1. The number of carbonyl (C=O) groups excluding carboxylic acids is 1. The molecular weight excluding hydrogens is 280 g/mol. The van der Waals surface area contributed by atoms with Gasteiger partial charge in [-0.2, -0.15) is 0 Å². The first-order valence-corrected chi connectivity index (χ1v) is 7.45. The maximum absolute atomic E-state index is 12.5. The van der Waals surface area contributed by atoms with Gasteiger partial charge in [-0.15, -0.1) is 0 Å². The Hall–Kier alpha value is -2.30. The predicted octanol–water partition coefficient (Wildman–Crippen LogP) is 2.76. The number of oxime groups is 1. The number of amides is 1. The number of para-hydroxylation sites is 1. The van der Waals surface area contributed by atoms with Gasteiger partial charge in [0.25, 0.3) is 5.91 Å². The predicted molar refractivity (Wildman–Crippen MR) is 85.8 cm³/mol. The molecule has 5 heteroatoms. The number of benzene rings is 1. The molecule has 22 heavy (non-hydrogen) atoms. The van der Waals surface area contributed by atoms with Gasteiger partial charge in [-0.05, 0) is 19.9 Å². The number of likely N-dealkylation sites (N-methyl/N-ethyl adjacent to an activating group) is 1. The molecule has 1 unspecified atom stereocenters. The van der Waals surface area contributed by atoms with Crippen molar-refractivity contribution in [1.82, 2.24) is 4.90 Å². The van der Waals surface area contributed by atoms with E-state index in [0.717, 1.165) is 17.0 Å². The summed E-state index contributed by atoms with van der Waals surface area (Å²) in [4.78, 5) is 19.5. The maximum atomic E-state index is 12.5. The molecule has 2 rings (SSSR count). The van der Waals surface area contributed by atoms with Gasteiger partial charge in [-0.1, -0.05) is 36.0 Å². The van der Waals surface area contributed by atoms with Gasteiger partial charge in [0.05, 0.1) is 5.71 Å². The highest BCUT2D eigenvalue weighted by molar-refractivity contribution is 5.91. The fraction of sp³-hybridized carbons (Fsp3) is 0.412. The zero-order chi connectivity index (χ0) is 15.9. The van der Waals surface area contributed by atoms with Crippen LogP contribution in [0.1, 0.15) is 25.8 Å². The van der Waals surface area contributed by atoms with Crippen molar-refractivity contribution in [1.29, 1.82) is 0 Å². The van der Waals surface area contributed by atoms with Crippen LogP contribution in [0, 0.1) is 0 Å². The molecule has 0 aromatic heterocycles. The van der Waals surface area contributed by atoms with E-state index < -0.39 is 6.10 Å². The lowest BCUT2D eigenvalue weighted by atomic mass is 10.1. The molecule has 0 N–H and O–H groups in total. The molecule has 118 valence electrons. The summed E-state index contributed by atoms with van der Waals surface area (Å²) >= 11 is 0. The quantitative estimate of drug-likeness (QED) is 0.728. The van der Waals surface area contributed by atoms with Crippen LogP contribution in [0.4, 0.5) is 0 Å². The van der Waals surface area contributed by atoms with Gasteiger partial charge in [-0.25, -0.2) is 0 Å². The zero-order valence-electron chi connectivity index (χ0n) is 13.1. The summed E-state index contributed by atoms with van der Waals surface area (Å²) in [5.41, 5.74) is 1.82. The first-order valence-electron chi connectivity index (χ1n) is 7.45. The molecule has 1 aromatic rings. The van der Waals surface area contributed by atoms with Crippen LogP contribution in [0.5, 0.6) is 5.75 Å². The lowest BCUT2D eigenvalue weighted by Gasteiger charge is -2.24. The number of carbonyl (C=O) groups is 1. The summed E-state index contributed by atoms with van der Waals surface area (Å²) in [6, 6.07) is 7.72. The average molecular weight is 302 g/mol. The Morgan fingerprint density at radius 3 is 2.95 bits per heavy atom. The van der Waals surface area contributed by atoms with Crippen molar-refractivity contribution in [3.8, 4) is 5.75 Å². The largest absolute Gasteiger partial charge is 0.489 e. The molecule has 1 aromatic carbocycles. The topological polar surface area (TPSA) is 51.1 Å². The Labute approximate surface area is 131 Å². The second-order valence-corrected chi connectivity index (χ2v) is 5.18. The van der Waals surface area contributed by atoms with Crippen molar-refractivity contribution in [2.24, 2.45) is 5.16 Å². The molecule has 0 bridgehead atoms. The van der Waals surface area contributed by atoms with Gasteiger partial charge < -0.3 is 14.5 Å². The highest BCUT2D eigenvalue weighted by atomic mass is 16.6. The Morgan fingerprint density at radius 1 is 1.55 bits per heavy atom. The maximum Gasteiger partial charge on any atom is 0.267 e. The molecule has 1 amide bonds. The molecule has 1 atom stereocenters. The van der Waals surface area contributed by atoms with Crippen molar-refractivity contribution >= 4 is 11.6 Å².